The van der Waals surface area contributed by atoms with Crippen LogP contribution in [0.25, 0.3) is 0 Å². The smallest absolute Gasteiger partial charge is 0.228 e. The Balaban J connectivity index is 1.88. The predicted molar refractivity (Wildman–Crippen MR) is 89.8 cm³/mol. The predicted octanol–water partition coefficient (Wildman–Crippen LogP) is 2.92. The normalized spacial score (nSPS) is 28.3. The number of hydrogen-bond acceptors (Lipinski definition) is 2. The molecule has 1 aromatic carbocycles. The lowest BCUT2D eigenvalue weighted by Gasteiger charge is -2.36. The number of piperidine rings is 1. The first-order valence-corrected chi connectivity index (χ1v) is 8.61. The zero-order valence-electron chi connectivity index (χ0n) is 14.3. The van der Waals surface area contributed by atoms with E-state index < -0.39 is 0 Å². The largest absolute Gasteiger partial charge is 0.340 e. The van der Waals surface area contributed by atoms with Crippen molar-refractivity contribution in [3.63, 3.8) is 0 Å². The van der Waals surface area contributed by atoms with Crippen molar-refractivity contribution in [2.45, 2.75) is 51.6 Å². The van der Waals surface area contributed by atoms with Gasteiger partial charge in [0.15, 0.2) is 0 Å². The number of carbonyl (C=O) groups excluding carboxylic acids is 2. The number of aryl methyl sites for hydroxylation is 1. The molecule has 2 fully saturated rings. The molecule has 0 bridgehead atoms. The molecule has 2 amide bonds. The van der Waals surface area contributed by atoms with E-state index in [9.17, 15) is 9.59 Å². The summed E-state index contributed by atoms with van der Waals surface area (Å²) in [6, 6.07) is 8.36. The number of benzene rings is 1. The molecular weight excluding hydrogens is 288 g/mol. The molecule has 0 radical (unpaired) electrons. The number of rotatable bonds is 2. The summed E-state index contributed by atoms with van der Waals surface area (Å²) in [5.74, 6) is -0.0326. The average molecular weight is 314 g/mol. The molecule has 0 unspecified atom stereocenters. The highest BCUT2D eigenvalue weighted by Gasteiger charge is 2.45. The summed E-state index contributed by atoms with van der Waals surface area (Å²) in [6.45, 7) is 5.00. The van der Waals surface area contributed by atoms with Crippen LogP contribution in [0.2, 0.25) is 0 Å². The van der Waals surface area contributed by atoms with E-state index in [1.54, 1.807) is 4.90 Å². The lowest BCUT2D eigenvalue weighted by molar-refractivity contribution is -0.139. The maximum atomic E-state index is 13.1. The fraction of sp³-hybridized carbons (Fsp3) is 0.579. The summed E-state index contributed by atoms with van der Waals surface area (Å²) < 4.78 is 0. The van der Waals surface area contributed by atoms with E-state index in [0.29, 0.717) is 6.42 Å². The third-order valence-electron chi connectivity index (χ3n) is 5.41. The fourth-order valence-electron chi connectivity index (χ4n) is 3.95. The minimum absolute atomic E-state index is 0.0681. The van der Waals surface area contributed by atoms with Crippen LogP contribution < -0.4 is 0 Å². The molecule has 2 aliphatic heterocycles. The van der Waals surface area contributed by atoms with Gasteiger partial charge in [0.1, 0.15) is 0 Å². The number of carbonyl (C=O) groups is 2. The van der Waals surface area contributed by atoms with Gasteiger partial charge in [0.2, 0.25) is 11.8 Å². The van der Waals surface area contributed by atoms with Gasteiger partial charge in [-0.1, -0.05) is 29.8 Å². The fourth-order valence-corrected chi connectivity index (χ4v) is 3.95. The molecule has 4 nitrogen and oxygen atoms in total. The monoisotopic (exact) mass is 314 g/mol. The highest BCUT2D eigenvalue weighted by molar-refractivity contribution is 5.90. The van der Waals surface area contributed by atoms with Gasteiger partial charge >= 0.3 is 0 Å². The molecule has 3 atom stereocenters. The standard InChI is InChI=1S/C19H26N2O2/c1-13-7-9-15(10-8-13)18-16(12-17(22)20(18)3)19(23)21-11-5-4-6-14(21)2/h7-10,14,16,18H,4-6,11-12H2,1-3H3/t14-,16+,18+/m0/s1. The first kappa shape index (κ1) is 16.0. The summed E-state index contributed by atoms with van der Waals surface area (Å²) >= 11 is 0. The molecule has 2 heterocycles. The Hall–Kier alpha value is -1.84. The Morgan fingerprint density at radius 1 is 1.17 bits per heavy atom. The molecule has 1 aromatic rings. The minimum Gasteiger partial charge on any atom is -0.340 e. The molecular formula is C19H26N2O2. The Morgan fingerprint density at radius 2 is 1.87 bits per heavy atom. The molecule has 0 N–H and O–H groups in total. The van der Waals surface area contributed by atoms with Crippen LogP contribution in [0, 0.1) is 12.8 Å². The van der Waals surface area contributed by atoms with Gasteiger partial charge in [-0.3, -0.25) is 9.59 Å². The van der Waals surface area contributed by atoms with Gasteiger partial charge in [0.25, 0.3) is 0 Å². The van der Waals surface area contributed by atoms with Gasteiger partial charge < -0.3 is 9.80 Å². The molecule has 0 aliphatic carbocycles. The molecule has 0 saturated carbocycles. The van der Waals surface area contributed by atoms with Crippen molar-refractivity contribution in [1.29, 1.82) is 0 Å². The average Bonchev–Trinajstić information content (AvgIpc) is 2.84. The van der Waals surface area contributed by atoms with Gasteiger partial charge in [-0.25, -0.2) is 0 Å². The molecule has 4 heteroatoms. The molecule has 124 valence electrons. The molecule has 2 saturated heterocycles. The van der Waals surface area contributed by atoms with Crippen molar-refractivity contribution < 1.29 is 9.59 Å². The number of nitrogens with zero attached hydrogens (tertiary/aromatic N) is 2. The van der Waals surface area contributed by atoms with Crippen molar-refractivity contribution in [3.8, 4) is 0 Å². The first-order chi connectivity index (χ1) is 11.0. The molecule has 0 aromatic heterocycles. The second kappa shape index (κ2) is 6.34. The van der Waals surface area contributed by atoms with Crippen LogP contribution in [0.3, 0.4) is 0 Å². The summed E-state index contributed by atoms with van der Waals surface area (Å²) in [5.41, 5.74) is 2.25. The molecule has 3 rings (SSSR count). The SMILES string of the molecule is Cc1ccc([C@@H]2[C@H](C(=O)N3CCCC[C@@H]3C)CC(=O)N2C)cc1. The van der Waals surface area contributed by atoms with Gasteiger partial charge in [-0.05, 0) is 38.7 Å². The summed E-state index contributed by atoms with van der Waals surface area (Å²) in [4.78, 5) is 29.1. The van der Waals surface area contributed by atoms with Crippen molar-refractivity contribution in [3.05, 3.63) is 35.4 Å². The summed E-state index contributed by atoms with van der Waals surface area (Å²) in [5, 5.41) is 0. The zero-order valence-corrected chi connectivity index (χ0v) is 14.3. The van der Waals surface area contributed by atoms with Crippen LogP contribution in [-0.4, -0.2) is 41.2 Å². The quantitative estimate of drug-likeness (QED) is 0.842. The number of amides is 2. The highest BCUT2D eigenvalue weighted by Crippen LogP contribution is 2.39. The maximum absolute atomic E-state index is 13.1. The van der Waals surface area contributed by atoms with Crippen molar-refractivity contribution in [1.82, 2.24) is 9.80 Å². The van der Waals surface area contributed by atoms with Gasteiger partial charge in [0.05, 0.1) is 12.0 Å². The summed E-state index contributed by atoms with van der Waals surface area (Å²) in [7, 11) is 1.82. The Morgan fingerprint density at radius 3 is 2.52 bits per heavy atom. The number of hydrogen-bond donors (Lipinski definition) is 0. The van der Waals surface area contributed by atoms with E-state index in [1.165, 1.54) is 12.0 Å². The summed E-state index contributed by atoms with van der Waals surface area (Å²) in [6.07, 6.45) is 3.66. The van der Waals surface area contributed by atoms with Crippen molar-refractivity contribution in [2.24, 2.45) is 5.92 Å². The molecule has 0 spiro atoms. The Bertz CT molecular complexity index is 596. The van der Waals surface area contributed by atoms with E-state index in [1.807, 2.05) is 18.9 Å². The van der Waals surface area contributed by atoms with Crippen LogP contribution in [0.5, 0.6) is 0 Å². The van der Waals surface area contributed by atoms with E-state index in [0.717, 1.165) is 24.9 Å². The van der Waals surface area contributed by atoms with Crippen molar-refractivity contribution >= 4 is 11.8 Å². The van der Waals surface area contributed by atoms with Crippen LogP contribution in [0.15, 0.2) is 24.3 Å². The van der Waals surface area contributed by atoms with Gasteiger partial charge in [-0.2, -0.15) is 0 Å². The highest BCUT2D eigenvalue weighted by atomic mass is 16.2. The van der Waals surface area contributed by atoms with E-state index in [-0.39, 0.29) is 29.8 Å². The van der Waals surface area contributed by atoms with E-state index in [4.69, 9.17) is 0 Å². The van der Waals surface area contributed by atoms with Crippen LogP contribution in [0.4, 0.5) is 0 Å². The third kappa shape index (κ3) is 2.99. The van der Waals surface area contributed by atoms with Crippen LogP contribution in [0.1, 0.15) is 49.8 Å². The lowest BCUT2D eigenvalue weighted by atomic mass is 9.90. The molecule has 23 heavy (non-hydrogen) atoms. The second-order valence-electron chi connectivity index (χ2n) is 7.05. The van der Waals surface area contributed by atoms with E-state index in [2.05, 4.69) is 31.2 Å². The lowest BCUT2D eigenvalue weighted by Crippen LogP contribution is -2.46. The third-order valence-corrected chi connectivity index (χ3v) is 5.41. The Kier molecular flexibility index (Phi) is 4.42. The topological polar surface area (TPSA) is 40.6 Å². The Labute approximate surface area is 138 Å². The maximum Gasteiger partial charge on any atom is 0.228 e. The van der Waals surface area contributed by atoms with Gasteiger partial charge in [0, 0.05) is 26.1 Å². The first-order valence-electron chi connectivity index (χ1n) is 8.61. The molecule has 2 aliphatic rings. The zero-order chi connectivity index (χ0) is 16.6. The minimum atomic E-state index is -0.254. The van der Waals surface area contributed by atoms with Crippen LogP contribution >= 0.6 is 0 Å². The van der Waals surface area contributed by atoms with Crippen molar-refractivity contribution in [2.75, 3.05) is 13.6 Å². The second-order valence-corrected chi connectivity index (χ2v) is 7.05. The van der Waals surface area contributed by atoms with E-state index >= 15 is 0 Å². The van der Waals surface area contributed by atoms with Crippen LogP contribution in [-0.2, 0) is 9.59 Å². The number of likely N-dealkylation sites (tertiary alicyclic amines) is 2. The van der Waals surface area contributed by atoms with Gasteiger partial charge in [-0.15, -0.1) is 0 Å².